The number of carbonyl (C=O) groups excluding carboxylic acids is 3. The Balaban J connectivity index is 1.92. The number of ketones is 2. The normalized spacial score (nSPS) is 17.5. The van der Waals surface area contributed by atoms with Gasteiger partial charge in [0.2, 0.25) is 0 Å². The molecule has 126 valence electrons. The molecule has 1 aliphatic heterocycles. The van der Waals surface area contributed by atoms with Gasteiger partial charge in [0.05, 0.1) is 0 Å². The fourth-order valence-electron chi connectivity index (χ4n) is 2.90. The van der Waals surface area contributed by atoms with Gasteiger partial charge in [-0.25, -0.2) is 5.43 Å². The van der Waals surface area contributed by atoms with E-state index >= 15 is 0 Å². The molecule has 0 aromatic heterocycles. The van der Waals surface area contributed by atoms with Crippen molar-refractivity contribution in [2.75, 3.05) is 0 Å². The van der Waals surface area contributed by atoms with Crippen LogP contribution in [-0.2, 0) is 4.79 Å². The first-order valence-corrected chi connectivity index (χ1v) is 7.88. The minimum atomic E-state index is -0.944. The summed E-state index contributed by atoms with van der Waals surface area (Å²) < 4.78 is 0. The first-order valence-electron chi connectivity index (χ1n) is 7.88. The van der Waals surface area contributed by atoms with Crippen molar-refractivity contribution in [3.63, 3.8) is 0 Å². The number of amides is 1. The average Bonchev–Trinajstić information content (AvgIpc) is 2.99. The lowest BCUT2D eigenvalue weighted by Gasteiger charge is -2.20. The highest BCUT2D eigenvalue weighted by molar-refractivity contribution is 6.13. The number of rotatable bonds is 6. The minimum absolute atomic E-state index is 0.0279. The van der Waals surface area contributed by atoms with Gasteiger partial charge in [0.15, 0.2) is 11.6 Å². The molecule has 0 bridgehead atoms. The van der Waals surface area contributed by atoms with Crippen LogP contribution in [0.3, 0.4) is 0 Å². The van der Waals surface area contributed by atoms with E-state index in [2.05, 4.69) is 10.5 Å². The van der Waals surface area contributed by atoms with Crippen molar-refractivity contribution in [3.05, 3.63) is 71.8 Å². The molecule has 0 saturated heterocycles. The molecule has 2 unspecified atom stereocenters. The summed E-state index contributed by atoms with van der Waals surface area (Å²) in [5.74, 6) is -2.80. The maximum atomic E-state index is 12.9. The largest absolute Gasteiger partial charge is 0.385 e. The molecule has 2 aromatic carbocycles. The number of hydrogen-bond acceptors (Lipinski definition) is 5. The third kappa shape index (κ3) is 3.47. The topological polar surface area (TPSA) is 102 Å². The van der Waals surface area contributed by atoms with Gasteiger partial charge in [0, 0.05) is 23.5 Å². The van der Waals surface area contributed by atoms with E-state index in [0.717, 1.165) is 0 Å². The first kappa shape index (κ1) is 16.6. The molecular formula is C19H17N3O3. The Hall–Kier alpha value is -3.28. The molecule has 6 heteroatoms. The van der Waals surface area contributed by atoms with E-state index in [1.807, 2.05) is 0 Å². The predicted molar refractivity (Wildman–Crippen MR) is 92.9 cm³/mol. The monoisotopic (exact) mass is 335 g/mol. The summed E-state index contributed by atoms with van der Waals surface area (Å²) in [6.07, 6.45) is -0.119. The summed E-state index contributed by atoms with van der Waals surface area (Å²) in [4.78, 5) is 37.7. The highest BCUT2D eigenvalue weighted by Crippen LogP contribution is 2.26. The predicted octanol–water partition coefficient (Wildman–Crippen LogP) is 1.78. The van der Waals surface area contributed by atoms with Gasteiger partial charge in [0.25, 0.3) is 5.91 Å². The number of benzene rings is 2. The Bertz CT molecular complexity index is 832. The molecule has 0 saturated carbocycles. The standard InChI is InChI=1S/C19H17N3O3/c20-18-16(19(25)22-21-18)14(17(24)13-9-5-2-6-10-13)11-15(23)12-7-3-1-4-8-12/h1-10,14,16H,11H2,(H2,20,21)(H,22,25). The number of carbonyl (C=O) groups is 3. The lowest BCUT2D eigenvalue weighted by Crippen LogP contribution is -2.39. The van der Waals surface area contributed by atoms with E-state index in [-0.39, 0.29) is 23.8 Å². The third-order valence-corrected chi connectivity index (χ3v) is 4.19. The molecule has 2 aromatic rings. The summed E-state index contributed by atoms with van der Waals surface area (Å²) >= 11 is 0. The minimum Gasteiger partial charge on any atom is -0.385 e. The van der Waals surface area contributed by atoms with E-state index in [9.17, 15) is 14.4 Å². The summed E-state index contributed by atoms with van der Waals surface area (Å²) in [6.45, 7) is 0. The van der Waals surface area contributed by atoms with Gasteiger partial charge in [-0.05, 0) is 0 Å². The molecule has 3 N–H and O–H groups in total. The molecule has 3 rings (SSSR count). The molecule has 0 aliphatic carbocycles. The van der Waals surface area contributed by atoms with E-state index < -0.39 is 17.7 Å². The van der Waals surface area contributed by atoms with Crippen molar-refractivity contribution < 1.29 is 14.4 Å². The van der Waals surface area contributed by atoms with E-state index in [1.165, 1.54) is 0 Å². The second-order valence-electron chi connectivity index (χ2n) is 5.82. The van der Waals surface area contributed by atoms with Crippen molar-refractivity contribution in [2.24, 2.45) is 22.7 Å². The quantitative estimate of drug-likeness (QED) is 0.786. The van der Waals surface area contributed by atoms with Crippen LogP contribution in [0, 0.1) is 11.8 Å². The zero-order valence-electron chi connectivity index (χ0n) is 13.4. The van der Waals surface area contributed by atoms with Gasteiger partial charge in [-0.15, -0.1) is 0 Å². The van der Waals surface area contributed by atoms with Crippen LogP contribution in [-0.4, -0.2) is 23.3 Å². The van der Waals surface area contributed by atoms with Gasteiger partial charge in [0.1, 0.15) is 11.8 Å². The zero-order valence-corrected chi connectivity index (χ0v) is 13.4. The summed E-state index contributed by atoms with van der Waals surface area (Å²) in [5.41, 5.74) is 9.00. The van der Waals surface area contributed by atoms with Gasteiger partial charge >= 0.3 is 0 Å². The second-order valence-corrected chi connectivity index (χ2v) is 5.82. The van der Waals surface area contributed by atoms with Crippen LogP contribution in [0.25, 0.3) is 0 Å². The van der Waals surface area contributed by atoms with E-state index in [4.69, 9.17) is 5.73 Å². The Kier molecular flexibility index (Phi) is 4.70. The van der Waals surface area contributed by atoms with Crippen LogP contribution in [0.5, 0.6) is 0 Å². The van der Waals surface area contributed by atoms with Crippen LogP contribution in [0.4, 0.5) is 0 Å². The Morgan fingerprint density at radius 2 is 1.56 bits per heavy atom. The fourth-order valence-corrected chi connectivity index (χ4v) is 2.90. The maximum Gasteiger partial charge on any atom is 0.251 e. The highest BCUT2D eigenvalue weighted by Gasteiger charge is 2.41. The Morgan fingerprint density at radius 1 is 1.00 bits per heavy atom. The van der Waals surface area contributed by atoms with Crippen LogP contribution >= 0.6 is 0 Å². The number of nitrogens with two attached hydrogens (primary N) is 1. The lowest BCUT2D eigenvalue weighted by molar-refractivity contribution is -0.122. The molecule has 25 heavy (non-hydrogen) atoms. The van der Waals surface area contributed by atoms with Crippen molar-refractivity contribution in [3.8, 4) is 0 Å². The van der Waals surface area contributed by atoms with Crippen LogP contribution in [0.2, 0.25) is 0 Å². The van der Waals surface area contributed by atoms with Crippen molar-refractivity contribution in [1.82, 2.24) is 5.43 Å². The van der Waals surface area contributed by atoms with Gasteiger partial charge in [-0.1, -0.05) is 60.7 Å². The second kappa shape index (κ2) is 7.09. The summed E-state index contributed by atoms with van der Waals surface area (Å²) in [5, 5.41) is 3.71. The molecule has 6 nitrogen and oxygen atoms in total. The maximum absolute atomic E-state index is 12.9. The molecular weight excluding hydrogens is 318 g/mol. The van der Waals surface area contributed by atoms with Crippen molar-refractivity contribution in [1.29, 1.82) is 0 Å². The van der Waals surface area contributed by atoms with Gasteiger partial charge in [-0.3, -0.25) is 14.4 Å². The van der Waals surface area contributed by atoms with Crippen molar-refractivity contribution >= 4 is 23.3 Å². The zero-order chi connectivity index (χ0) is 17.8. The molecule has 2 atom stereocenters. The smallest absolute Gasteiger partial charge is 0.251 e. The highest BCUT2D eigenvalue weighted by atomic mass is 16.2. The van der Waals surface area contributed by atoms with Gasteiger partial charge in [-0.2, -0.15) is 5.10 Å². The van der Waals surface area contributed by atoms with Crippen LogP contribution in [0.1, 0.15) is 27.1 Å². The SMILES string of the molecule is NC1=NNC(=O)C1C(CC(=O)c1ccccc1)C(=O)c1ccccc1. The summed E-state index contributed by atoms with van der Waals surface area (Å²) in [6, 6.07) is 17.2. The number of amidine groups is 1. The van der Waals surface area contributed by atoms with Gasteiger partial charge < -0.3 is 5.73 Å². The van der Waals surface area contributed by atoms with Crippen LogP contribution in [0.15, 0.2) is 65.8 Å². The third-order valence-electron chi connectivity index (χ3n) is 4.19. The summed E-state index contributed by atoms with van der Waals surface area (Å²) in [7, 11) is 0. The molecule has 1 aliphatic rings. The fraction of sp³-hybridized carbons (Fsp3) is 0.158. The molecule has 0 spiro atoms. The number of nitrogens with zero attached hydrogens (tertiary/aromatic N) is 1. The average molecular weight is 335 g/mol. The van der Waals surface area contributed by atoms with Crippen molar-refractivity contribution in [2.45, 2.75) is 6.42 Å². The number of Topliss-reactive ketones (excluding diaryl/α,β-unsaturated/α-hetero) is 2. The van der Waals surface area contributed by atoms with E-state index in [0.29, 0.717) is 11.1 Å². The lowest BCUT2D eigenvalue weighted by atomic mass is 9.80. The Labute approximate surface area is 144 Å². The number of hydrogen-bond donors (Lipinski definition) is 2. The van der Waals surface area contributed by atoms with Crippen LogP contribution < -0.4 is 11.2 Å². The Morgan fingerprint density at radius 3 is 2.08 bits per heavy atom. The molecule has 0 fully saturated rings. The molecule has 1 amide bonds. The number of hydrazone groups is 1. The number of nitrogens with one attached hydrogen (secondary N) is 1. The first-order chi connectivity index (χ1) is 12.1. The molecule has 1 heterocycles. The van der Waals surface area contributed by atoms with E-state index in [1.54, 1.807) is 60.7 Å². The molecule has 0 radical (unpaired) electrons.